The number of morpholine rings is 1. The summed E-state index contributed by atoms with van der Waals surface area (Å²) in [5.74, 6) is 0.271. The standard InChI is InChI=1S/C17H32N2O3/c1-12(2)15(19-9-13(3)22-14(4)10-19)16(20)18-11-17(21)7-5-6-8-17/h12-15,21H,5-11H2,1-4H3,(H,18,20). The summed E-state index contributed by atoms with van der Waals surface area (Å²) >= 11 is 0. The molecule has 1 aliphatic heterocycles. The van der Waals surface area contributed by atoms with Crippen molar-refractivity contribution in [3.05, 3.63) is 0 Å². The van der Waals surface area contributed by atoms with Gasteiger partial charge in [-0.1, -0.05) is 26.7 Å². The molecule has 128 valence electrons. The summed E-state index contributed by atoms with van der Waals surface area (Å²) < 4.78 is 5.77. The molecule has 0 aromatic carbocycles. The molecule has 1 saturated carbocycles. The van der Waals surface area contributed by atoms with E-state index in [1.807, 2.05) is 0 Å². The Morgan fingerprint density at radius 1 is 1.27 bits per heavy atom. The van der Waals surface area contributed by atoms with Gasteiger partial charge in [0.2, 0.25) is 5.91 Å². The molecule has 1 saturated heterocycles. The van der Waals surface area contributed by atoms with Crippen molar-refractivity contribution >= 4 is 5.91 Å². The molecule has 1 aliphatic carbocycles. The Morgan fingerprint density at radius 3 is 2.32 bits per heavy atom. The van der Waals surface area contributed by atoms with E-state index in [-0.39, 0.29) is 30.1 Å². The normalized spacial score (nSPS) is 30.5. The van der Waals surface area contributed by atoms with Gasteiger partial charge in [0.15, 0.2) is 0 Å². The number of hydrogen-bond acceptors (Lipinski definition) is 4. The zero-order valence-electron chi connectivity index (χ0n) is 14.5. The molecular formula is C17H32N2O3. The van der Waals surface area contributed by atoms with Gasteiger partial charge in [0.25, 0.3) is 0 Å². The number of aliphatic hydroxyl groups is 1. The zero-order chi connectivity index (χ0) is 16.3. The molecule has 2 N–H and O–H groups in total. The number of nitrogens with one attached hydrogen (secondary N) is 1. The van der Waals surface area contributed by atoms with Crippen molar-refractivity contribution in [1.29, 1.82) is 0 Å². The number of nitrogens with zero attached hydrogens (tertiary/aromatic N) is 1. The minimum atomic E-state index is -0.692. The van der Waals surface area contributed by atoms with Crippen molar-refractivity contribution < 1.29 is 14.6 Å². The fourth-order valence-corrected chi connectivity index (χ4v) is 3.90. The maximum absolute atomic E-state index is 12.7. The van der Waals surface area contributed by atoms with Gasteiger partial charge in [0.05, 0.1) is 23.9 Å². The molecule has 1 amide bonds. The monoisotopic (exact) mass is 312 g/mol. The van der Waals surface area contributed by atoms with Gasteiger partial charge in [0.1, 0.15) is 0 Å². The molecule has 0 aromatic heterocycles. The average molecular weight is 312 g/mol. The fourth-order valence-electron chi connectivity index (χ4n) is 3.90. The van der Waals surface area contributed by atoms with Crippen molar-refractivity contribution in [2.75, 3.05) is 19.6 Å². The molecule has 3 atom stereocenters. The van der Waals surface area contributed by atoms with Gasteiger partial charge >= 0.3 is 0 Å². The van der Waals surface area contributed by atoms with Crippen LogP contribution in [0.25, 0.3) is 0 Å². The van der Waals surface area contributed by atoms with Crippen molar-refractivity contribution in [2.24, 2.45) is 5.92 Å². The average Bonchev–Trinajstić information content (AvgIpc) is 2.82. The SMILES string of the molecule is CC1CN(C(C(=O)NCC2(O)CCCC2)C(C)C)CC(C)O1. The molecule has 0 bridgehead atoms. The molecule has 22 heavy (non-hydrogen) atoms. The second kappa shape index (κ2) is 7.28. The predicted octanol–water partition coefficient (Wildman–Crippen LogP) is 1.54. The fraction of sp³-hybridized carbons (Fsp3) is 0.941. The molecular weight excluding hydrogens is 280 g/mol. The van der Waals surface area contributed by atoms with E-state index in [0.29, 0.717) is 6.54 Å². The lowest BCUT2D eigenvalue weighted by molar-refractivity contribution is -0.136. The van der Waals surface area contributed by atoms with Crippen LogP contribution >= 0.6 is 0 Å². The minimum absolute atomic E-state index is 0.0385. The van der Waals surface area contributed by atoms with Crippen LogP contribution < -0.4 is 5.32 Å². The van der Waals surface area contributed by atoms with Crippen LogP contribution in [-0.2, 0) is 9.53 Å². The quantitative estimate of drug-likeness (QED) is 0.808. The van der Waals surface area contributed by atoms with Gasteiger partial charge in [-0.2, -0.15) is 0 Å². The number of hydrogen-bond donors (Lipinski definition) is 2. The third kappa shape index (κ3) is 4.43. The Balaban J connectivity index is 1.96. The third-order valence-electron chi connectivity index (χ3n) is 4.87. The summed E-state index contributed by atoms with van der Waals surface area (Å²) in [7, 11) is 0. The van der Waals surface area contributed by atoms with Crippen molar-refractivity contribution in [3.8, 4) is 0 Å². The highest BCUT2D eigenvalue weighted by Gasteiger charge is 2.36. The minimum Gasteiger partial charge on any atom is -0.388 e. The Bertz CT molecular complexity index is 370. The molecule has 2 rings (SSSR count). The summed E-state index contributed by atoms with van der Waals surface area (Å²) in [6, 6.07) is -0.154. The zero-order valence-corrected chi connectivity index (χ0v) is 14.5. The molecule has 3 unspecified atom stereocenters. The largest absolute Gasteiger partial charge is 0.388 e. The van der Waals surface area contributed by atoms with Crippen molar-refractivity contribution in [2.45, 2.75) is 77.2 Å². The summed E-state index contributed by atoms with van der Waals surface area (Å²) in [4.78, 5) is 14.9. The Labute approximate surface area is 134 Å². The van der Waals surface area contributed by atoms with E-state index in [9.17, 15) is 9.90 Å². The second-order valence-corrected chi connectivity index (χ2v) is 7.55. The number of rotatable bonds is 5. The lowest BCUT2D eigenvalue weighted by Crippen LogP contribution is -2.58. The van der Waals surface area contributed by atoms with Gasteiger partial charge in [0, 0.05) is 19.6 Å². The van der Waals surface area contributed by atoms with Crippen LogP contribution in [0.2, 0.25) is 0 Å². The third-order valence-corrected chi connectivity index (χ3v) is 4.87. The van der Waals surface area contributed by atoms with E-state index in [1.54, 1.807) is 0 Å². The first-order valence-electron chi connectivity index (χ1n) is 8.70. The van der Waals surface area contributed by atoms with Crippen LogP contribution in [-0.4, -0.2) is 59.4 Å². The maximum Gasteiger partial charge on any atom is 0.237 e. The van der Waals surface area contributed by atoms with Gasteiger partial charge in [-0.15, -0.1) is 0 Å². The van der Waals surface area contributed by atoms with E-state index >= 15 is 0 Å². The predicted molar refractivity (Wildman–Crippen MR) is 86.6 cm³/mol. The summed E-state index contributed by atoms with van der Waals surface area (Å²) in [5, 5.41) is 13.4. The number of amides is 1. The van der Waals surface area contributed by atoms with Crippen LogP contribution in [0, 0.1) is 5.92 Å². The summed E-state index contributed by atoms with van der Waals surface area (Å²) in [6.45, 7) is 10.2. The van der Waals surface area contributed by atoms with Gasteiger partial charge in [-0.05, 0) is 32.6 Å². The maximum atomic E-state index is 12.7. The first-order valence-corrected chi connectivity index (χ1v) is 8.70. The van der Waals surface area contributed by atoms with E-state index in [2.05, 4.69) is 37.9 Å². The molecule has 0 spiro atoms. The highest BCUT2D eigenvalue weighted by atomic mass is 16.5. The van der Waals surface area contributed by atoms with Crippen LogP contribution in [0.1, 0.15) is 53.4 Å². The van der Waals surface area contributed by atoms with Crippen LogP contribution in [0.5, 0.6) is 0 Å². The van der Waals surface area contributed by atoms with E-state index < -0.39 is 5.60 Å². The summed E-state index contributed by atoms with van der Waals surface area (Å²) in [5.41, 5.74) is -0.692. The number of carbonyl (C=O) groups excluding carboxylic acids is 1. The van der Waals surface area contributed by atoms with Crippen LogP contribution in [0.15, 0.2) is 0 Å². The first kappa shape index (κ1) is 17.7. The van der Waals surface area contributed by atoms with E-state index in [4.69, 9.17) is 4.74 Å². The molecule has 0 radical (unpaired) electrons. The Hall–Kier alpha value is -0.650. The van der Waals surface area contributed by atoms with Gasteiger partial charge in [-0.25, -0.2) is 0 Å². The molecule has 1 heterocycles. The molecule has 0 aromatic rings. The number of carbonyl (C=O) groups is 1. The van der Waals surface area contributed by atoms with Crippen LogP contribution in [0.3, 0.4) is 0 Å². The lowest BCUT2D eigenvalue weighted by atomic mass is 9.98. The van der Waals surface area contributed by atoms with Crippen molar-refractivity contribution in [3.63, 3.8) is 0 Å². The highest BCUT2D eigenvalue weighted by molar-refractivity contribution is 5.82. The first-order chi connectivity index (χ1) is 10.3. The van der Waals surface area contributed by atoms with Gasteiger partial charge in [-0.3, -0.25) is 9.69 Å². The molecule has 5 heteroatoms. The second-order valence-electron chi connectivity index (χ2n) is 7.55. The molecule has 2 fully saturated rings. The molecule has 5 nitrogen and oxygen atoms in total. The lowest BCUT2D eigenvalue weighted by Gasteiger charge is -2.41. The Morgan fingerprint density at radius 2 is 1.82 bits per heavy atom. The summed E-state index contributed by atoms with van der Waals surface area (Å²) in [6.07, 6.45) is 4.00. The topological polar surface area (TPSA) is 61.8 Å². The molecule has 2 aliphatic rings. The van der Waals surface area contributed by atoms with E-state index in [0.717, 1.165) is 38.8 Å². The van der Waals surface area contributed by atoms with E-state index in [1.165, 1.54) is 0 Å². The van der Waals surface area contributed by atoms with Gasteiger partial charge < -0.3 is 15.2 Å². The van der Waals surface area contributed by atoms with Crippen molar-refractivity contribution in [1.82, 2.24) is 10.2 Å². The smallest absolute Gasteiger partial charge is 0.237 e. The number of ether oxygens (including phenoxy) is 1. The Kier molecular flexibility index (Phi) is 5.86. The van der Waals surface area contributed by atoms with Crippen LogP contribution in [0.4, 0.5) is 0 Å². The highest BCUT2D eigenvalue weighted by Crippen LogP contribution is 2.28.